The molecule has 0 spiro atoms. The van der Waals surface area contributed by atoms with Crippen LogP contribution in [-0.2, 0) is 6.54 Å². The lowest BCUT2D eigenvalue weighted by Crippen LogP contribution is -2.00. The highest BCUT2D eigenvalue weighted by Gasteiger charge is 2.11. The molecule has 0 aliphatic rings. The number of aromatic nitrogens is 2. The van der Waals surface area contributed by atoms with Crippen molar-refractivity contribution in [2.24, 2.45) is 0 Å². The van der Waals surface area contributed by atoms with Crippen LogP contribution in [0.1, 0.15) is 5.56 Å². The first-order valence-electron chi connectivity index (χ1n) is 5.94. The van der Waals surface area contributed by atoms with Crippen molar-refractivity contribution < 1.29 is 0 Å². The van der Waals surface area contributed by atoms with E-state index < -0.39 is 0 Å². The summed E-state index contributed by atoms with van der Waals surface area (Å²) in [6, 6.07) is 9.76. The van der Waals surface area contributed by atoms with Crippen LogP contribution in [0, 0.1) is 0 Å². The van der Waals surface area contributed by atoms with Crippen molar-refractivity contribution in [3.8, 4) is 10.6 Å². The molecule has 0 bridgehead atoms. The average Bonchev–Trinajstić information content (AvgIpc) is 2.98. The molecule has 0 unspecified atom stereocenters. The SMILES string of the molecule is Nc1cn(Cc2ccccc2Cl)nc1-c1cc(Br)cs1. The topological polar surface area (TPSA) is 43.8 Å². The Hall–Kier alpha value is -1.30. The minimum atomic E-state index is 0.608. The second kappa shape index (κ2) is 5.60. The van der Waals surface area contributed by atoms with Gasteiger partial charge < -0.3 is 5.73 Å². The highest BCUT2D eigenvalue weighted by atomic mass is 79.9. The van der Waals surface area contributed by atoms with E-state index in [-0.39, 0.29) is 0 Å². The Morgan fingerprint density at radius 2 is 2.15 bits per heavy atom. The molecule has 3 aromatic rings. The van der Waals surface area contributed by atoms with E-state index in [0.29, 0.717) is 12.2 Å². The predicted molar refractivity (Wildman–Crippen MR) is 88.2 cm³/mol. The van der Waals surface area contributed by atoms with Gasteiger partial charge in [0.25, 0.3) is 0 Å². The molecule has 0 saturated heterocycles. The number of benzene rings is 1. The van der Waals surface area contributed by atoms with E-state index in [1.54, 1.807) is 11.3 Å². The molecule has 2 aromatic heterocycles. The van der Waals surface area contributed by atoms with Gasteiger partial charge in [-0.2, -0.15) is 5.10 Å². The lowest BCUT2D eigenvalue weighted by atomic mass is 10.2. The molecule has 0 aliphatic heterocycles. The second-order valence-electron chi connectivity index (χ2n) is 4.35. The zero-order chi connectivity index (χ0) is 14.1. The number of halogens is 2. The van der Waals surface area contributed by atoms with Gasteiger partial charge in [-0.25, -0.2) is 0 Å². The molecule has 20 heavy (non-hydrogen) atoms. The van der Waals surface area contributed by atoms with Crippen molar-refractivity contribution >= 4 is 44.6 Å². The van der Waals surface area contributed by atoms with E-state index in [4.69, 9.17) is 17.3 Å². The molecular formula is C14H11BrClN3S. The molecule has 0 aliphatic carbocycles. The van der Waals surface area contributed by atoms with E-state index in [2.05, 4.69) is 21.0 Å². The van der Waals surface area contributed by atoms with Crippen molar-refractivity contribution in [3.05, 3.63) is 57.0 Å². The van der Waals surface area contributed by atoms with E-state index in [1.165, 1.54) is 0 Å². The summed E-state index contributed by atoms with van der Waals surface area (Å²) in [7, 11) is 0. The summed E-state index contributed by atoms with van der Waals surface area (Å²) in [4.78, 5) is 1.05. The van der Waals surface area contributed by atoms with Gasteiger partial charge in [0.15, 0.2) is 0 Å². The number of rotatable bonds is 3. The van der Waals surface area contributed by atoms with Crippen LogP contribution < -0.4 is 5.73 Å². The van der Waals surface area contributed by atoms with Gasteiger partial charge in [0, 0.05) is 21.1 Å². The fourth-order valence-corrected chi connectivity index (χ4v) is 3.58. The zero-order valence-electron chi connectivity index (χ0n) is 10.4. The number of thiophene rings is 1. The largest absolute Gasteiger partial charge is 0.396 e. The maximum atomic E-state index is 6.16. The molecule has 0 amide bonds. The molecule has 6 heteroatoms. The monoisotopic (exact) mass is 367 g/mol. The van der Waals surface area contributed by atoms with Crippen LogP contribution in [0.2, 0.25) is 5.02 Å². The molecule has 0 atom stereocenters. The first kappa shape index (κ1) is 13.7. The van der Waals surface area contributed by atoms with Gasteiger partial charge in [-0.3, -0.25) is 4.68 Å². The molecular weight excluding hydrogens is 358 g/mol. The van der Waals surface area contributed by atoms with Crippen molar-refractivity contribution in [3.63, 3.8) is 0 Å². The van der Waals surface area contributed by atoms with Gasteiger partial charge in [0.1, 0.15) is 5.69 Å². The van der Waals surface area contributed by atoms with Crippen LogP contribution in [0.25, 0.3) is 10.6 Å². The van der Waals surface area contributed by atoms with Crippen LogP contribution in [0.4, 0.5) is 5.69 Å². The van der Waals surface area contributed by atoms with Gasteiger partial charge in [0.05, 0.1) is 17.1 Å². The highest BCUT2D eigenvalue weighted by Crippen LogP contribution is 2.32. The van der Waals surface area contributed by atoms with Crippen LogP contribution in [0.15, 0.2) is 46.4 Å². The second-order valence-corrected chi connectivity index (χ2v) is 6.59. The third-order valence-corrected chi connectivity index (χ3v) is 4.95. The molecule has 0 saturated carbocycles. The third-order valence-electron chi connectivity index (χ3n) is 2.88. The lowest BCUT2D eigenvalue weighted by molar-refractivity contribution is 0.690. The summed E-state index contributed by atoms with van der Waals surface area (Å²) in [6.45, 7) is 0.608. The smallest absolute Gasteiger partial charge is 0.125 e. The Morgan fingerprint density at radius 3 is 2.85 bits per heavy atom. The van der Waals surface area contributed by atoms with Gasteiger partial charge in [-0.1, -0.05) is 29.8 Å². The molecule has 0 radical (unpaired) electrons. The van der Waals surface area contributed by atoms with E-state index in [1.807, 2.05) is 46.6 Å². The minimum absolute atomic E-state index is 0.608. The summed E-state index contributed by atoms with van der Waals surface area (Å²) < 4.78 is 2.86. The lowest BCUT2D eigenvalue weighted by Gasteiger charge is -2.03. The molecule has 3 rings (SSSR count). The summed E-state index contributed by atoms with van der Waals surface area (Å²) >= 11 is 11.2. The first-order valence-corrected chi connectivity index (χ1v) is 7.99. The zero-order valence-corrected chi connectivity index (χ0v) is 13.5. The molecule has 3 nitrogen and oxygen atoms in total. The molecule has 2 heterocycles. The Morgan fingerprint density at radius 1 is 1.35 bits per heavy atom. The van der Waals surface area contributed by atoms with Crippen LogP contribution in [-0.4, -0.2) is 9.78 Å². The molecule has 0 fully saturated rings. The molecule has 2 N–H and O–H groups in total. The van der Waals surface area contributed by atoms with Gasteiger partial charge in [-0.05, 0) is 33.6 Å². The Kier molecular flexibility index (Phi) is 3.83. The van der Waals surface area contributed by atoms with Crippen molar-refractivity contribution in [1.29, 1.82) is 0 Å². The molecule has 1 aromatic carbocycles. The number of anilines is 1. The summed E-state index contributed by atoms with van der Waals surface area (Å²) in [5, 5.41) is 7.31. The quantitative estimate of drug-likeness (QED) is 0.731. The summed E-state index contributed by atoms with van der Waals surface area (Å²) in [5.41, 5.74) is 8.56. The number of nitrogens with two attached hydrogens (primary N) is 1. The van der Waals surface area contributed by atoms with E-state index in [0.717, 1.165) is 25.6 Å². The van der Waals surface area contributed by atoms with Crippen LogP contribution in [0.5, 0.6) is 0 Å². The minimum Gasteiger partial charge on any atom is -0.396 e. The number of nitrogens with zero attached hydrogens (tertiary/aromatic N) is 2. The van der Waals surface area contributed by atoms with E-state index >= 15 is 0 Å². The maximum Gasteiger partial charge on any atom is 0.125 e. The summed E-state index contributed by atoms with van der Waals surface area (Å²) in [6.07, 6.45) is 1.84. The van der Waals surface area contributed by atoms with Crippen LogP contribution in [0.3, 0.4) is 0 Å². The number of nitrogen functional groups attached to an aromatic ring is 1. The normalized spacial score (nSPS) is 10.9. The number of hydrogen-bond donors (Lipinski definition) is 1. The Balaban J connectivity index is 1.91. The fraction of sp³-hybridized carbons (Fsp3) is 0.0714. The van der Waals surface area contributed by atoms with Gasteiger partial charge in [-0.15, -0.1) is 11.3 Å². The standard InChI is InChI=1S/C14H11BrClN3S/c15-10-5-13(20-8-10)14-12(17)7-19(18-14)6-9-3-1-2-4-11(9)16/h1-5,7-8H,6,17H2. The van der Waals surface area contributed by atoms with Gasteiger partial charge >= 0.3 is 0 Å². The molecule has 102 valence electrons. The van der Waals surface area contributed by atoms with Crippen molar-refractivity contribution in [2.75, 3.05) is 5.73 Å². The van der Waals surface area contributed by atoms with Crippen molar-refractivity contribution in [2.45, 2.75) is 6.54 Å². The Labute approximate surface area is 134 Å². The highest BCUT2D eigenvalue weighted by molar-refractivity contribution is 9.10. The van der Waals surface area contributed by atoms with E-state index in [9.17, 15) is 0 Å². The summed E-state index contributed by atoms with van der Waals surface area (Å²) in [5.74, 6) is 0. The Bertz CT molecular complexity index is 750. The third kappa shape index (κ3) is 2.75. The van der Waals surface area contributed by atoms with Crippen LogP contribution >= 0.6 is 38.9 Å². The van der Waals surface area contributed by atoms with Crippen molar-refractivity contribution in [1.82, 2.24) is 9.78 Å². The first-order chi connectivity index (χ1) is 9.63. The van der Waals surface area contributed by atoms with Gasteiger partial charge in [0.2, 0.25) is 0 Å². The maximum absolute atomic E-state index is 6.16. The number of hydrogen-bond acceptors (Lipinski definition) is 3. The fourth-order valence-electron chi connectivity index (χ4n) is 1.95. The predicted octanol–water partition coefficient (Wildman–Crippen LogP) is 4.66. The average molecular weight is 369 g/mol.